The van der Waals surface area contributed by atoms with Gasteiger partial charge in [0.05, 0.1) is 6.54 Å². The minimum absolute atomic E-state index is 0.0838. The Kier molecular flexibility index (Phi) is 8.54. The number of urea groups is 1. The Balaban J connectivity index is 1.51. The lowest BCUT2D eigenvalue weighted by atomic mass is 10.1. The van der Waals surface area contributed by atoms with Crippen molar-refractivity contribution in [3.8, 4) is 5.75 Å². The van der Waals surface area contributed by atoms with Gasteiger partial charge in [-0.1, -0.05) is 12.1 Å². The van der Waals surface area contributed by atoms with Gasteiger partial charge in [0, 0.05) is 23.4 Å². The number of aliphatic carboxylic acids is 1. The number of aromatic hydroxyl groups is 1. The summed E-state index contributed by atoms with van der Waals surface area (Å²) in [5, 5.41) is 28.6. The molecular weight excluding hydrogens is 471 g/mol. The predicted octanol–water partition coefficient (Wildman–Crippen LogP) is 2.47. The van der Waals surface area contributed by atoms with Gasteiger partial charge in [-0.15, -0.1) is 0 Å². The quantitative estimate of drug-likeness (QED) is 0.268. The summed E-state index contributed by atoms with van der Waals surface area (Å²) in [6.45, 7) is -0.221. The van der Waals surface area contributed by atoms with Gasteiger partial charge >= 0.3 is 12.0 Å². The number of benzene rings is 3. The van der Waals surface area contributed by atoms with Crippen LogP contribution in [0.25, 0.3) is 0 Å². The first-order valence-corrected chi connectivity index (χ1v) is 10.7. The van der Waals surface area contributed by atoms with Gasteiger partial charge in [-0.3, -0.25) is 9.59 Å². The fourth-order valence-corrected chi connectivity index (χ4v) is 3.07. The van der Waals surface area contributed by atoms with E-state index in [2.05, 4.69) is 21.3 Å². The number of hydrogen-bond donors (Lipinski definition) is 6. The van der Waals surface area contributed by atoms with E-state index in [4.69, 9.17) is 0 Å². The first-order valence-electron chi connectivity index (χ1n) is 10.7. The number of carbonyl (C=O) groups is 4. The molecule has 6 N–H and O–H groups in total. The molecule has 1 atom stereocenters. The van der Waals surface area contributed by atoms with Gasteiger partial charge in [0.1, 0.15) is 17.6 Å². The van der Waals surface area contributed by atoms with Crippen molar-refractivity contribution in [1.29, 1.82) is 0 Å². The van der Waals surface area contributed by atoms with Gasteiger partial charge in [-0.25, -0.2) is 14.0 Å². The van der Waals surface area contributed by atoms with Crippen molar-refractivity contribution in [2.75, 3.05) is 11.9 Å². The average molecular weight is 494 g/mol. The third kappa shape index (κ3) is 7.55. The number of anilines is 1. The summed E-state index contributed by atoms with van der Waals surface area (Å²) < 4.78 is 12.9. The van der Waals surface area contributed by atoms with E-state index in [0.717, 1.165) is 12.1 Å². The standard InChI is InChI=1S/C25H23FN4O6/c26-18-8-10-19(11-9-18)29-25(36)28-14-21(24(34)35)30-23(33)17-6-4-16(5-7-17)22(32)27-13-15-2-1-3-20(31)12-15/h1-12,21,31H,13-14H2,(H,27,32)(H,30,33)(H,34,35)(H2,28,29,36). The van der Waals surface area contributed by atoms with Crippen LogP contribution >= 0.6 is 0 Å². The Morgan fingerprint density at radius 1 is 0.833 bits per heavy atom. The summed E-state index contributed by atoms with van der Waals surface area (Å²) in [6, 6.07) is 14.8. The molecule has 0 saturated heterocycles. The van der Waals surface area contributed by atoms with E-state index in [0.29, 0.717) is 11.3 Å². The molecule has 10 nitrogen and oxygen atoms in total. The minimum atomic E-state index is -1.43. The SMILES string of the molecule is O=C(NCC(NC(=O)c1ccc(C(=O)NCc2cccc(O)c2)cc1)C(=O)O)Nc1ccc(F)cc1. The molecule has 0 aromatic heterocycles. The first-order chi connectivity index (χ1) is 17.2. The van der Waals surface area contributed by atoms with Gasteiger partial charge in [0.15, 0.2) is 0 Å². The van der Waals surface area contributed by atoms with Crippen LogP contribution in [-0.2, 0) is 11.3 Å². The highest BCUT2D eigenvalue weighted by Gasteiger charge is 2.21. The highest BCUT2D eigenvalue weighted by molar-refractivity contribution is 5.99. The van der Waals surface area contributed by atoms with Crippen LogP contribution in [0, 0.1) is 5.82 Å². The molecule has 0 radical (unpaired) electrons. The molecule has 4 amide bonds. The lowest BCUT2D eigenvalue weighted by molar-refractivity contribution is -0.139. The molecule has 0 aliphatic heterocycles. The molecular formula is C25H23FN4O6. The number of carbonyl (C=O) groups excluding carboxylic acids is 3. The van der Waals surface area contributed by atoms with E-state index in [-0.39, 0.29) is 23.4 Å². The van der Waals surface area contributed by atoms with Crippen LogP contribution in [0.2, 0.25) is 0 Å². The molecule has 3 aromatic carbocycles. The second-order valence-corrected chi connectivity index (χ2v) is 7.64. The second kappa shape index (κ2) is 12.0. The monoisotopic (exact) mass is 494 g/mol. The minimum Gasteiger partial charge on any atom is -0.508 e. The van der Waals surface area contributed by atoms with E-state index in [1.807, 2.05) is 0 Å². The molecule has 0 aliphatic rings. The van der Waals surface area contributed by atoms with E-state index < -0.39 is 42.2 Å². The van der Waals surface area contributed by atoms with E-state index >= 15 is 0 Å². The van der Waals surface area contributed by atoms with Crippen LogP contribution in [-0.4, -0.2) is 46.6 Å². The molecule has 3 rings (SSSR count). The summed E-state index contributed by atoms with van der Waals surface area (Å²) in [5.74, 6) is -2.87. The van der Waals surface area contributed by atoms with Crippen molar-refractivity contribution < 1.29 is 33.8 Å². The van der Waals surface area contributed by atoms with Crippen LogP contribution in [0.5, 0.6) is 5.75 Å². The molecule has 0 fully saturated rings. The van der Waals surface area contributed by atoms with Crippen LogP contribution in [0.3, 0.4) is 0 Å². The van der Waals surface area contributed by atoms with E-state index in [1.165, 1.54) is 48.5 Å². The normalized spacial score (nSPS) is 11.1. The molecule has 1 unspecified atom stereocenters. The third-order valence-corrected chi connectivity index (χ3v) is 4.95. The Hall–Kier alpha value is -4.93. The van der Waals surface area contributed by atoms with Gasteiger partial charge in [-0.2, -0.15) is 0 Å². The summed E-state index contributed by atoms with van der Waals surface area (Å²) in [6.07, 6.45) is 0. The maximum absolute atomic E-state index is 12.9. The van der Waals surface area contributed by atoms with Gasteiger partial charge in [0.25, 0.3) is 11.8 Å². The highest BCUT2D eigenvalue weighted by Crippen LogP contribution is 2.11. The van der Waals surface area contributed by atoms with Crippen molar-refractivity contribution >= 4 is 29.5 Å². The van der Waals surface area contributed by atoms with Crippen molar-refractivity contribution in [1.82, 2.24) is 16.0 Å². The topological polar surface area (TPSA) is 157 Å². The van der Waals surface area contributed by atoms with Crippen LogP contribution in [0.15, 0.2) is 72.8 Å². The molecule has 0 bridgehead atoms. The van der Waals surface area contributed by atoms with Crippen molar-refractivity contribution in [2.24, 2.45) is 0 Å². The van der Waals surface area contributed by atoms with Crippen molar-refractivity contribution in [3.05, 3.63) is 95.3 Å². The Morgan fingerprint density at radius 2 is 1.47 bits per heavy atom. The van der Waals surface area contributed by atoms with Gasteiger partial charge < -0.3 is 31.5 Å². The Bertz CT molecular complexity index is 1250. The van der Waals surface area contributed by atoms with E-state index in [1.54, 1.807) is 12.1 Å². The number of halogens is 1. The third-order valence-electron chi connectivity index (χ3n) is 4.95. The second-order valence-electron chi connectivity index (χ2n) is 7.64. The molecule has 186 valence electrons. The molecule has 36 heavy (non-hydrogen) atoms. The predicted molar refractivity (Wildman–Crippen MR) is 128 cm³/mol. The summed E-state index contributed by atoms with van der Waals surface area (Å²) >= 11 is 0. The fourth-order valence-electron chi connectivity index (χ4n) is 3.07. The number of hydrogen-bond acceptors (Lipinski definition) is 5. The number of carboxylic acids is 1. The maximum atomic E-state index is 12.9. The van der Waals surface area contributed by atoms with Crippen molar-refractivity contribution in [2.45, 2.75) is 12.6 Å². The Morgan fingerprint density at radius 3 is 2.08 bits per heavy atom. The zero-order valence-electron chi connectivity index (χ0n) is 18.8. The lowest BCUT2D eigenvalue weighted by Gasteiger charge is -2.16. The number of rotatable bonds is 9. The molecule has 0 spiro atoms. The number of carboxylic acid groups (broad SMARTS) is 1. The molecule has 11 heteroatoms. The zero-order valence-corrected chi connectivity index (χ0v) is 18.8. The number of phenols is 1. The van der Waals surface area contributed by atoms with Gasteiger partial charge in [0.2, 0.25) is 0 Å². The number of amides is 4. The maximum Gasteiger partial charge on any atom is 0.328 e. The summed E-state index contributed by atoms with van der Waals surface area (Å²) in [4.78, 5) is 48.3. The Labute approximate surface area is 205 Å². The molecule has 0 saturated carbocycles. The number of nitrogens with one attached hydrogen (secondary N) is 4. The van der Waals surface area contributed by atoms with Gasteiger partial charge in [-0.05, 0) is 66.2 Å². The van der Waals surface area contributed by atoms with Crippen LogP contribution < -0.4 is 21.3 Å². The van der Waals surface area contributed by atoms with E-state index in [9.17, 15) is 33.8 Å². The lowest BCUT2D eigenvalue weighted by Crippen LogP contribution is -2.49. The summed E-state index contributed by atoms with van der Waals surface area (Å²) in [5.41, 5.74) is 1.40. The molecule has 0 heterocycles. The highest BCUT2D eigenvalue weighted by atomic mass is 19.1. The largest absolute Gasteiger partial charge is 0.508 e. The fraction of sp³-hybridized carbons (Fsp3) is 0.120. The molecule has 3 aromatic rings. The van der Waals surface area contributed by atoms with Crippen LogP contribution in [0.4, 0.5) is 14.9 Å². The summed E-state index contributed by atoms with van der Waals surface area (Å²) in [7, 11) is 0. The molecule has 0 aliphatic carbocycles. The van der Waals surface area contributed by atoms with Crippen molar-refractivity contribution in [3.63, 3.8) is 0 Å². The van der Waals surface area contributed by atoms with Crippen LogP contribution in [0.1, 0.15) is 26.3 Å². The number of phenolic OH excluding ortho intramolecular Hbond substituents is 1. The first kappa shape index (κ1) is 25.7. The smallest absolute Gasteiger partial charge is 0.328 e. The zero-order chi connectivity index (χ0) is 26.1. The average Bonchev–Trinajstić information content (AvgIpc) is 2.86.